The number of ether oxygens (including phenoxy) is 1. The SMILES string of the molecule is COc1ccccc1CC(N)c1cc(C)cc(C)c1. The largest absolute Gasteiger partial charge is 0.496 e. The van der Waals surface area contributed by atoms with Gasteiger partial charge in [-0.25, -0.2) is 0 Å². The predicted molar refractivity (Wildman–Crippen MR) is 79.5 cm³/mol. The van der Waals surface area contributed by atoms with Gasteiger partial charge in [-0.2, -0.15) is 0 Å². The van der Waals surface area contributed by atoms with Crippen LogP contribution in [-0.2, 0) is 6.42 Å². The Kier molecular flexibility index (Phi) is 4.23. The Morgan fingerprint density at radius 1 is 1.05 bits per heavy atom. The van der Waals surface area contributed by atoms with Gasteiger partial charge in [-0.05, 0) is 37.5 Å². The van der Waals surface area contributed by atoms with Gasteiger partial charge in [-0.15, -0.1) is 0 Å². The number of hydrogen-bond acceptors (Lipinski definition) is 2. The standard InChI is InChI=1S/C17H21NO/c1-12-8-13(2)10-15(9-12)16(18)11-14-6-4-5-7-17(14)19-3/h4-10,16H,11,18H2,1-3H3. The molecule has 1 atom stereocenters. The highest BCUT2D eigenvalue weighted by Gasteiger charge is 2.11. The fourth-order valence-electron chi connectivity index (χ4n) is 2.45. The van der Waals surface area contributed by atoms with Crippen LogP contribution in [0, 0.1) is 13.8 Å². The van der Waals surface area contributed by atoms with E-state index < -0.39 is 0 Å². The Labute approximate surface area is 115 Å². The van der Waals surface area contributed by atoms with Crippen LogP contribution in [0.2, 0.25) is 0 Å². The Morgan fingerprint density at radius 3 is 2.32 bits per heavy atom. The maximum absolute atomic E-state index is 6.33. The molecule has 0 saturated carbocycles. The van der Waals surface area contributed by atoms with Crippen LogP contribution in [0.5, 0.6) is 5.75 Å². The Hall–Kier alpha value is -1.80. The number of aryl methyl sites for hydroxylation is 2. The smallest absolute Gasteiger partial charge is 0.122 e. The number of methoxy groups -OCH3 is 1. The third-order valence-electron chi connectivity index (χ3n) is 3.30. The Bertz CT molecular complexity index is 543. The molecule has 2 rings (SSSR count). The van der Waals surface area contributed by atoms with Crippen LogP contribution < -0.4 is 10.5 Å². The van der Waals surface area contributed by atoms with Crippen molar-refractivity contribution in [2.24, 2.45) is 5.73 Å². The van der Waals surface area contributed by atoms with Crippen LogP contribution in [0.25, 0.3) is 0 Å². The van der Waals surface area contributed by atoms with Gasteiger partial charge in [0.2, 0.25) is 0 Å². The van der Waals surface area contributed by atoms with E-state index in [9.17, 15) is 0 Å². The lowest BCUT2D eigenvalue weighted by Crippen LogP contribution is -2.14. The molecule has 0 saturated heterocycles. The van der Waals surface area contributed by atoms with Gasteiger partial charge in [0, 0.05) is 6.04 Å². The molecule has 100 valence electrons. The molecule has 0 amide bonds. The van der Waals surface area contributed by atoms with Crippen molar-refractivity contribution in [1.82, 2.24) is 0 Å². The van der Waals surface area contributed by atoms with Crippen LogP contribution in [0.15, 0.2) is 42.5 Å². The molecule has 0 aliphatic carbocycles. The number of para-hydroxylation sites is 1. The predicted octanol–water partition coefficient (Wildman–Crippen LogP) is 3.55. The van der Waals surface area contributed by atoms with Crippen LogP contribution in [0.1, 0.15) is 28.3 Å². The van der Waals surface area contributed by atoms with Crippen LogP contribution >= 0.6 is 0 Å². The van der Waals surface area contributed by atoms with Crippen molar-refractivity contribution >= 4 is 0 Å². The van der Waals surface area contributed by atoms with E-state index in [0.717, 1.165) is 17.7 Å². The highest BCUT2D eigenvalue weighted by atomic mass is 16.5. The van der Waals surface area contributed by atoms with Gasteiger partial charge in [0.15, 0.2) is 0 Å². The van der Waals surface area contributed by atoms with Gasteiger partial charge in [-0.1, -0.05) is 47.5 Å². The summed E-state index contributed by atoms with van der Waals surface area (Å²) in [7, 11) is 1.70. The third kappa shape index (κ3) is 3.36. The summed E-state index contributed by atoms with van der Waals surface area (Å²) in [5, 5.41) is 0. The van der Waals surface area contributed by atoms with Crippen molar-refractivity contribution in [1.29, 1.82) is 0 Å². The molecule has 0 spiro atoms. The van der Waals surface area contributed by atoms with Crippen molar-refractivity contribution < 1.29 is 4.74 Å². The first kappa shape index (κ1) is 13.6. The monoisotopic (exact) mass is 255 g/mol. The average Bonchev–Trinajstić information content (AvgIpc) is 2.38. The van der Waals surface area contributed by atoms with E-state index in [2.05, 4.69) is 38.1 Å². The molecule has 19 heavy (non-hydrogen) atoms. The molecule has 0 fully saturated rings. The number of benzene rings is 2. The van der Waals surface area contributed by atoms with Gasteiger partial charge < -0.3 is 10.5 Å². The summed E-state index contributed by atoms with van der Waals surface area (Å²) in [6.07, 6.45) is 0.785. The molecule has 1 unspecified atom stereocenters. The molecule has 0 radical (unpaired) electrons. The van der Waals surface area contributed by atoms with E-state index in [-0.39, 0.29) is 6.04 Å². The number of hydrogen-bond donors (Lipinski definition) is 1. The summed E-state index contributed by atoms with van der Waals surface area (Å²) < 4.78 is 5.37. The molecule has 0 heterocycles. The van der Waals surface area contributed by atoms with Gasteiger partial charge in [0.1, 0.15) is 5.75 Å². The second kappa shape index (κ2) is 5.89. The number of rotatable bonds is 4. The normalized spacial score (nSPS) is 12.2. The van der Waals surface area contributed by atoms with Crippen LogP contribution in [0.4, 0.5) is 0 Å². The first-order valence-corrected chi connectivity index (χ1v) is 6.56. The van der Waals surface area contributed by atoms with Crippen molar-refractivity contribution in [3.63, 3.8) is 0 Å². The zero-order valence-electron chi connectivity index (χ0n) is 11.8. The summed E-state index contributed by atoms with van der Waals surface area (Å²) in [6.45, 7) is 4.21. The molecule has 0 aliphatic heterocycles. The van der Waals surface area contributed by atoms with E-state index in [1.807, 2.05) is 18.2 Å². The minimum absolute atomic E-state index is 0.00472. The summed E-state index contributed by atoms with van der Waals surface area (Å²) in [6, 6.07) is 14.5. The third-order valence-corrected chi connectivity index (χ3v) is 3.30. The van der Waals surface area contributed by atoms with Gasteiger partial charge in [-0.3, -0.25) is 0 Å². The topological polar surface area (TPSA) is 35.2 Å². The maximum Gasteiger partial charge on any atom is 0.122 e. The summed E-state index contributed by atoms with van der Waals surface area (Å²) in [5.41, 5.74) is 11.2. The summed E-state index contributed by atoms with van der Waals surface area (Å²) in [4.78, 5) is 0. The first-order valence-electron chi connectivity index (χ1n) is 6.56. The minimum Gasteiger partial charge on any atom is -0.496 e. The Morgan fingerprint density at radius 2 is 1.68 bits per heavy atom. The maximum atomic E-state index is 6.33. The lowest BCUT2D eigenvalue weighted by molar-refractivity contribution is 0.408. The second-order valence-corrected chi connectivity index (χ2v) is 5.04. The molecule has 0 bridgehead atoms. The number of nitrogens with two attached hydrogens (primary N) is 1. The molecule has 0 aliphatic rings. The molecule has 2 aromatic carbocycles. The van der Waals surface area contributed by atoms with Crippen molar-refractivity contribution in [3.8, 4) is 5.75 Å². The molecular weight excluding hydrogens is 234 g/mol. The second-order valence-electron chi connectivity index (χ2n) is 5.04. The first-order chi connectivity index (χ1) is 9.10. The van der Waals surface area contributed by atoms with Gasteiger partial charge in [0.25, 0.3) is 0 Å². The molecule has 2 aromatic rings. The summed E-state index contributed by atoms with van der Waals surface area (Å²) >= 11 is 0. The van der Waals surface area contributed by atoms with E-state index in [0.29, 0.717) is 0 Å². The molecular formula is C17H21NO. The van der Waals surface area contributed by atoms with Crippen molar-refractivity contribution in [3.05, 3.63) is 64.7 Å². The quantitative estimate of drug-likeness (QED) is 0.906. The zero-order chi connectivity index (χ0) is 13.8. The van der Waals surface area contributed by atoms with Crippen LogP contribution in [-0.4, -0.2) is 7.11 Å². The highest BCUT2D eigenvalue weighted by molar-refractivity contribution is 5.36. The fraction of sp³-hybridized carbons (Fsp3) is 0.294. The lowest BCUT2D eigenvalue weighted by Gasteiger charge is -2.16. The van der Waals surface area contributed by atoms with Crippen molar-refractivity contribution in [2.75, 3.05) is 7.11 Å². The van der Waals surface area contributed by atoms with E-state index in [4.69, 9.17) is 10.5 Å². The summed E-state index contributed by atoms with van der Waals surface area (Å²) in [5.74, 6) is 0.905. The van der Waals surface area contributed by atoms with Crippen molar-refractivity contribution in [2.45, 2.75) is 26.3 Å². The molecule has 0 aromatic heterocycles. The Balaban J connectivity index is 2.22. The highest BCUT2D eigenvalue weighted by Crippen LogP contribution is 2.24. The van der Waals surface area contributed by atoms with E-state index >= 15 is 0 Å². The average molecular weight is 255 g/mol. The van der Waals surface area contributed by atoms with E-state index in [1.165, 1.54) is 16.7 Å². The van der Waals surface area contributed by atoms with E-state index in [1.54, 1.807) is 7.11 Å². The van der Waals surface area contributed by atoms with Gasteiger partial charge in [0.05, 0.1) is 7.11 Å². The molecule has 2 nitrogen and oxygen atoms in total. The fourth-order valence-corrected chi connectivity index (χ4v) is 2.45. The zero-order valence-corrected chi connectivity index (χ0v) is 11.8. The minimum atomic E-state index is -0.00472. The van der Waals surface area contributed by atoms with Crippen LogP contribution in [0.3, 0.4) is 0 Å². The van der Waals surface area contributed by atoms with Gasteiger partial charge >= 0.3 is 0 Å². The lowest BCUT2D eigenvalue weighted by atomic mass is 9.96. The molecule has 2 N–H and O–H groups in total. The molecule has 2 heteroatoms.